The summed E-state index contributed by atoms with van der Waals surface area (Å²) in [6.07, 6.45) is 8.39. The first-order chi connectivity index (χ1) is 11.1. The van der Waals surface area contributed by atoms with E-state index in [0.29, 0.717) is 12.5 Å². The molecular weight excluding hydrogens is 290 g/mol. The first-order valence-corrected chi connectivity index (χ1v) is 8.36. The van der Waals surface area contributed by atoms with Gasteiger partial charge in [0.15, 0.2) is 6.10 Å². The fraction of sp³-hybridized carbons (Fsp3) is 0.474. The van der Waals surface area contributed by atoms with Gasteiger partial charge < -0.3 is 10.1 Å². The molecule has 0 saturated heterocycles. The van der Waals surface area contributed by atoms with Crippen LogP contribution >= 0.6 is 0 Å². The van der Waals surface area contributed by atoms with Crippen LogP contribution < -0.4 is 5.32 Å². The molecule has 0 spiro atoms. The van der Waals surface area contributed by atoms with Crippen molar-refractivity contribution in [2.75, 3.05) is 6.54 Å². The lowest BCUT2D eigenvalue weighted by Gasteiger charge is -2.22. The first kappa shape index (κ1) is 17.3. The molecule has 1 atom stereocenters. The van der Waals surface area contributed by atoms with Crippen LogP contribution in [0.15, 0.2) is 36.4 Å². The van der Waals surface area contributed by atoms with Gasteiger partial charge in [0.05, 0.1) is 0 Å². The molecule has 0 radical (unpaired) electrons. The zero-order chi connectivity index (χ0) is 16.5. The molecule has 0 heterocycles. The highest BCUT2D eigenvalue weighted by Crippen LogP contribution is 2.22. The molecule has 1 fully saturated rings. The number of carbonyl (C=O) groups is 2. The summed E-state index contributed by atoms with van der Waals surface area (Å²) in [4.78, 5) is 23.7. The molecule has 0 unspecified atom stereocenters. The summed E-state index contributed by atoms with van der Waals surface area (Å²) in [5.74, 6) is -0.167. The summed E-state index contributed by atoms with van der Waals surface area (Å²) in [7, 11) is 0. The van der Waals surface area contributed by atoms with E-state index < -0.39 is 12.1 Å². The third-order valence-electron chi connectivity index (χ3n) is 4.16. The summed E-state index contributed by atoms with van der Waals surface area (Å²) in [6.45, 7) is 2.28. The van der Waals surface area contributed by atoms with Crippen molar-refractivity contribution in [3.63, 3.8) is 0 Å². The second-order valence-corrected chi connectivity index (χ2v) is 6.07. The van der Waals surface area contributed by atoms with Crippen molar-refractivity contribution >= 4 is 18.0 Å². The Kier molecular flexibility index (Phi) is 6.85. The SMILES string of the molecule is C[C@H](OC(=O)/C=C/c1ccccc1)C(=O)NCC1CCCCC1. The summed E-state index contributed by atoms with van der Waals surface area (Å²) >= 11 is 0. The summed E-state index contributed by atoms with van der Waals surface area (Å²) < 4.78 is 5.14. The van der Waals surface area contributed by atoms with Crippen LogP contribution in [-0.2, 0) is 14.3 Å². The number of amides is 1. The Labute approximate surface area is 137 Å². The molecule has 4 heteroatoms. The smallest absolute Gasteiger partial charge is 0.331 e. The van der Waals surface area contributed by atoms with Gasteiger partial charge in [-0.05, 0) is 37.3 Å². The van der Waals surface area contributed by atoms with Gasteiger partial charge >= 0.3 is 5.97 Å². The fourth-order valence-corrected chi connectivity index (χ4v) is 2.78. The van der Waals surface area contributed by atoms with E-state index in [-0.39, 0.29) is 5.91 Å². The predicted molar refractivity (Wildman–Crippen MR) is 90.6 cm³/mol. The maximum absolute atomic E-state index is 12.0. The molecule has 23 heavy (non-hydrogen) atoms. The Balaban J connectivity index is 1.71. The number of carbonyl (C=O) groups excluding carboxylic acids is 2. The van der Waals surface area contributed by atoms with Gasteiger partial charge in [-0.2, -0.15) is 0 Å². The van der Waals surface area contributed by atoms with E-state index in [1.165, 1.54) is 38.2 Å². The minimum atomic E-state index is -0.772. The van der Waals surface area contributed by atoms with Crippen LogP contribution in [0.4, 0.5) is 0 Å². The molecule has 0 aliphatic heterocycles. The molecule has 1 amide bonds. The van der Waals surface area contributed by atoms with Crippen molar-refractivity contribution in [3.8, 4) is 0 Å². The monoisotopic (exact) mass is 315 g/mol. The van der Waals surface area contributed by atoms with Crippen molar-refractivity contribution in [2.24, 2.45) is 5.92 Å². The Hall–Kier alpha value is -2.10. The lowest BCUT2D eigenvalue weighted by atomic mass is 9.89. The lowest BCUT2D eigenvalue weighted by Crippen LogP contribution is -2.38. The minimum absolute atomic E-state index is 0.225. The largest absolute Gasteiger partial charge is 0.449 e. The van der Waals surface area contributed by atoms with Gasteiger partial charge in [-0.1, -0.05) is 49.6 Å². The average Bonchev–Trinajstić information content (AvgIpc) is 2.59. The Morgan fingerprint density at radius 3 is 2.61 bits per heavy atom. The van der Waals surface area contributed by atoms with E-state index in [4.69, 9.17) is 4.74 Å². The van der Waals surface area contributed by atoms with Gasteiger partial charge in [-0.15, -0.1) is 0 Å². The maximum atomic E-state index is 12.0. The normalized spacial score (nSPS) is 16.9. The van der Waals surface area contributed by atoms with Gasteiger partial charge in [0.1, 0.15) is 0 Å². The fourth-order valence-electron chi connectivity index (χ4n) is 2.78. The number of rotatable bonds is 6. The maximum Gasteiger partial charge on any atom is 0.331 e. The van der Waals surface area contributed by atoms with Gasteiger partial charge in [0.25, 0.3) is 5.91 Å². The number of hydrogen-bond donors (Lipinski definition) is 1. The van der Waals surface area contributed by atoms with Crippen molar-refractivity contribution in [2.45, 2.75) is 45.1 Å². The molecule has 1 aromatic carbocycles. The van der Waals surface area contributed by atoms with Crippen LogP contribution in [0.1, 0.15) is 44.6 Å². The van der Waals surface area contributed by atoms with Crippen LogP contribution in [0, 0.1) is 5.92 Å². The van der Waals surface area contributed by atoms with Gasteiger partial charge in [-0.25, -0.2) is 4.79 Å². The average molecular weight is 315 g/mol. The van der Waals surface area contributed by atoms with Crippen LogP contribution in [0.3, 0.4) is 0 Å². The Bertz CT molecular complexity index is 533. The van der Waals surface area contributed by atoms with E-state index in [9.17, 15) is 9.59 Å². The molecular formula is C19H25NO3. The molecule has 124 valence electrons. The zero-order valence-corrected chi connectivity index (χ0v) is 13.7. The van der Waals surface area contributed by atoms with Crippen LogP contribution in [0.2, 0.25) is 0 Å². The standard InChI is InChI=1S/C19H25NO3/c1-15(19(22)20-14-17-10-6-3-7-11-17)23-18(21)13-12-16-8-4-2-5-9-16/h2,4-5,8-9,12-13,15,17H,3,6-7,10-11,14H2,1H3,(H,20,22)/b13-12+/t15-/m0/s1. The Morgan fingerprint density at radius 1 is 1.22 bits per heavy atom. The van der Waals surface area contributed by atoms with Gasteiger partial charge in [0.2, 0.25) is 0 Å². The summed E-state index contributed by atoms with van der Waals surface area (Å²) in [6, 6.07) is 9.49. The van der Waals surface area contributed by atoms with E-state index in [2.05, 4.69) is 5.32 Å². The van der Waals surface area contributed by atoms with Crippen LogP contribution in [0.5, 0.6) is 0 Å². The quantitative estimate of drug-likeness (QED) is 0.647. The highest BCUT2D eigenvalue weighted by atomic mass is 16.5. The molecule has 2 rings (SSSR count). The summed E-state index contributed by atoms with van der Waals surface area (Å²) in [5, 5.41) is 2.89. The van der Waals surface area contributed by atoms with Crippen molar-refractivity contribution < 1.29 is 14.3 Å². The van der Waals surface area contributed by atoms with Gasteiger partial charge in [-0.3, -0.25) is 4.79 Å². The lowest BCUT2D eigenvalue weighted by molar-refractivity contribution is -0.150. The topological polar surface area (TPSA) is 55.4 Å². The third kappa shape index (κ3) is 6.27. The van der Waals surface area contributed by atoms with Crippen molar-refractivity contribution in [1.29, 1.82) is 0 Å². The second kappa shape index (κ2) is 9.13. The van der Waals surface area contributed by atoms with Crippen LogP contribution in [0.25, 0.3) is 6.08 Å². The number of esters is 1. The highest BCUT2D eigenvalue weighted by Gasteiger charge is 2.19. The highest BCUT2D eigenvalue weighted by molar-refractivity contribution is 5.90. The number of nitrogens with one attached hydrogen (secondary N) is 1. The number of ether oxygens (including phenoxy) is 1. The molecule has 1 aromatic rings. The molecule has 0 aromatic heterocycles. The molecule has 1 aliphatic carbocycles. The minimum Gasteiger partial charge on any atom is -0.449 e. The van der Waals surface area contributed by atoms with Crippen molar-refractivity contribution in [3.05, 3.63) is 42.0 Å². The molecule has 1 saturated carbocycles. The first-order valence-electron chi connectivity index (χ1n) is 8.36. The van der Waals surface area contributed by atoms with Crippen LogP contribution in [-0.4, -0.2) is 24.5 Å². The van der Waals surface area contributed by atoms with E-state index >= 15 is 0 Å². The molecule has 0 bridgehead atoms. The predicted octanol–water partition coefficient (Wildman–Crippen LogP) is 3.33. The van der Waals surface area contributed by atoms with Gasteiger partial charge in [0, 0.05) is 12.6 Å². The summed E-state index contributed by atoms with van der Waals surface area (Å²) in [5.41, 5.74) is 0.916. The van der Waals surface area contributed by atoms with E-state index in [1.807, 2.05) is 30.3 Å². The van der Waals surface area contributed by atoms with E-state index in [0.717, 1.165) is 5.56 Å². The number of hydrogen-bond acceptors (Lipinski definition) is 3. The molecule has 4 nitrogen and oxygen atoms in total. The van der Waals surface area contributed by atoms with E-state index in [1.54, 1.807) is 13.0 Å². The number of benzene rings is 1. The molecule has 1 aliphatic rings. The zero-order valence-electron chi connectivity index (χ0n) is 13.7. The van der Waals surface area contributed by atoms with Crippen molar-refractivity contribution in [1.82, 2.24) is 5.32 Å². The Morgan fingerprint density at radius 2 is 1.91 bits per heavy atom. The molecule has 1 N–H and O–H groups in total. The second-order valence-electron chi connectivity index (χ2n) is 6.07. The third-order valence-corrected chi connectivity index (χ3v) is 4.16.